The minimum absolute atomic E-state index is 0.396. The molecule has 0 aliphatic carbocycles. The van der Waals surface area contributed by atoms with Crippen LogP contribution in [0.3, 0.4) is 0 Å². The first kappa shape index (κ1) is 14.3. The van der Waals surface area contributed by atoms with Gasteiger partial charge in [0.2, 0.25) is 0 Å². The molecule has 1 fully saturated rings. The lowest BCUT2D eigenvalue weighted by atomic mass is 10.0. The second-order valence-electron chi connectivity index (χ2n) is 5.41. The van der Waals surface area contributed by atoms with E-state index < -0.39 is 0 Å². The first-order valence-electron chi connectivity index (χ1n) is 7.42. The van der Waals surface area contributed by atoms with Crippen LogP contribution in [0.2, 0.25) is 0 Å². The maximum atomic E-state index is 9.12. The Bertz CT molecular complexity index is 685. The Balaban J connectivity index is 1.62. The minimum Gasteiger partial charge on any atom is -0.367 e. The van der Waals surface area contributed by atoms with Crippen LogP contribution in [0.1, 0.15) is 24.2 Å². The van der Waals surface area contributed by atoms with Gasteiger partial charge in [-0.15, -0.1) is 0 Å². The van der Waals surface area contributed by atoms with Gasteiger partial charge in [0.1, 0.15) is 11.9 Å². The quantitative estimate of drug-likeness (QED) is 0.934. The number of aromatic nitrogens is 3. The van der Waals surface area contributed by atoms with Crippen molar-refractivity contribution in [3.05, 3.63) is 42.0 Å². The maximum absolute atomic E-state index is 9.12. The molecule has 2 aromatic rings. The highest BCUT2D eigenvalue weighted by atomic mass is 15.2. The minimum atomic E-state index is 0.396. The number of hydrogen-bond donors (Lipinski definition) is 1. The third-order valence-electron chi connectivity index (χ3n) is 3.82. The van der Waals surface area contributed by atoms with Gasteiger partial charge in [-0.25, -0.2) is 15.0 Å². The highest BCUT2D eigenvalue weighted by Crippen LogP contribution is 2.21. The Labute approximate surface area is 129 Å². The summed E-state index contributed by atoms with van der Waals surface area (Å²) in [6.45, 7) is 3.71. The molecule has 1 aliphatic heterocycles. The number of pyridine rings is 1. The Morgan fingerprint density at radius 3 is 2.73 bits per heavy atom. The number of hydrogen-bond acceptors (Lipinski definition) is 6. The summed E-state index contributed by atoms with van der Waals surface area (Å²) in [6.07, 6.45) is 5.16. The SMILES string of the molecule is Cc1cccc(NC2CCN(c3nccnc3C#N)CC2)n1. The number of aryl methyl sites for hydroxylation is 1. The second kappa shape index (κ2) is 6.39. The maximum Gasteiger partial charge on any atom is 0.183 e. The van der Waals surface area contributed by atoms with Crippen LogP contribution in [-0.2, 0) is 0 Å². The van der Waals surface area contributed by atoms with Crippen molar-refractivity contribution in [1.29, 1.82) is 5.26 Å². The van der Waals surface area contributed by atoms with Crippen LogP contribution in [0.15, 0.2) is 30.6 Å². The molecule has 0 unspecified atom stereocenters. The molecule has 1 N–H and O–H groups in total. The highest BCUT2D eigenvalue weighted by molar-refractivity contribution is 5.50. The van der Waals surface area contributed by atoms with Crippen molar-refractivity contribution in [3.63, 3.8) is 0 Å². The van der Waals surface area contributed by atoms with E-state index in [-0.39, 0.29) is 0 Å². The number of nitriles is 1. The van der Waals surface area contributed by atoms with Gasteiger partial charge in [0.15, 0.2) is 11.5 Å². The van der Waals surface area contributed by atoms with Crippen LogP contribution in [-0.4, -0.2) is 34.1 Å². The van der Waals surface area contributed by atoms with Gasteiger partial charge in [0, 0.05) is 37.2 Å². The zero-order valence-electron chi connectivity index (χ0n) is 12.5. The predicted octanol–water partition coefficient (Wildman–Crippen LogP) is 2.13. The van der Waals surface area contributed by atoms with Gasteiger partial charge in [0.05, 0.1) is 0 Å². The highest BCUT2D eigenvalue weighted by Gasteiger charge is 2.22. The van der Waals surface area contributed by atoms with E-state index in [0.29, 0.717) is 17.6 Å². The summed E-state index contributed by atoms with van der Waals surface area (Å²) in [4.78, 5) is 15.0. The summed E-state index contributed by atoms with van der Waals surface area (Å²) in [7, 11) is 0. The molecule has 112 valence electrons. The Morgan fingerprint density at radius 2 is 2.00 bits per heavy atom. The predicted molar refractivity (Wildman–Crippen MR) is 84.6 cm³/mol. The molecule has 3 heterocycles. The first-order chi connectivity index (χ1) is 10.8. The lowest BCUT2D eigenvalue weighted by molar-refractivity contribution is 0.521. The molecular weight excluding hydrogens is 276 g/mol. The van der Waals surface area contributed by atoms with Crippen LogP contribution in [0, 0.1) is 18.3 Å². The van der Waals surface area contributed by atoms with Crippen LogP contribution in [0.25, 0.3) is 0 Å². The molecule has 0 atom stereocenters. The molecular formula is C16H18N6. The number of rotatable bonds is 3. The molecule has 0 radical (unpaired) electrons. The van der Waals surface area contributed by atoms with Crippen molar-refractivity contribution in [2.75, 3.05) is 23.3 Å². The number of piperidine rings is 1. The zero-order valence-corrected chi connectivity index (χ0v) is 12.5. The normalized spacial score (nSPS) is 15.4. The molecule has 1 aliphatic rings. The molecule has 6 nitrogen and oxygen atoms in total. The van der Waals surface area contributed by atoms with Crippen LogP contribution >= 0.6 is 0 Å². The van der Waals surface area contributed by atoms with Crippen LogP contribution < -0.4 is 10.2 Å². The molecule has 0 spiro atoms. The van der Waals surface area contributed by atoms with Gasteiger partial charge in [0.25, 0.3) is 0 Å². The molecule has 0 saturated carbocycles. The Hall–Kier alpha value is -2.68. The van der Waals surface area contributed by atoms with Gasteiger partial charge in [-0.2, -0.15) is 5.26 Å². The Kier molecular flexibility index (Phi) is 4.15. The van der Waals surface area contributed by atoms with E-state index in [1.165, 1.54) is 0 Å². The molecule has 0 aromatic carbocycles. The average Bonchev–Trinajstić information content (AvgIpc) is 2.56. The zero-order chi connectivity index (χ0) is 15.4. The third kappa shape index (κ3) is 3.14. The second-order valence-corrected chi connectivity index (χ2v) is 5.41. The lowest BCUT2D eigenvalue weighted by Crippen LogP contribution is -2.40. The molecule has 0 bridgehead atoms. The van der Waals surface area contributed by atoms with Gasteiger partial charge < -0.3 is 10.2 Å². The van der Waals surface area contributed by atoms with E-state index in [0.717, 1.165) is 37.4 Å². The fourth-order valence-electron chi connectivity index (χ4n) is 2.71. The van der Waals surface area contributed by atoms with E-state index >= 15 is 0 Å². The summed E-state index contributed by atoms with van der Waals surface area (Å²) >= 11 is 0. The summed E-state index contributed by atoms with van der Waals surface area (Å²) in [5.41, 5.74) is 1.41. The van der Waals surface area contributed by atoms with Crippen LogP contribution in [0.5, 0.6) is 0 Å². The summed E-state index contributed by atoms with van der Waals surface area (Å²) < 4.78 is 0. The first-order valence-corrected chi connectivity index (χ1v) is 7.42. The van der Waals surface area contributed by atoms with Crippen molar-refractivity contribution in [2.24, 2.45) is 0 Å². The molecule has 0 amide bonds. The molecule has 22 heavy (non-hydrogen) atoms. The smallest absolute Gasteiger partial charge is 0.183 e. The van der Waals surface area contributed by atoms with E-state index in [4.69, 9.17) is 5.26 Å². The van der Waals surface area contributed by atoms with Gasteiger partial charge in [-0.05, 0) is 31.9 Å². The number of anilines is 2. The number of nitrogens with zero attached hydrogens (tertiary/aromatic N) is 5. The van der Waals surface area contributed by atoms with Gasteiger partial charge in [-0.3, -0.25) is 0 Å². The van der Waals surface area contributed by atoms with E-state index in [1.807, 2.05) is 25.1 Å². The van der Waals surface area contributed by atoms with E-state index in [9.17, 15) is 0 Å². The summed E-state index contributed by atoms with van der Waals surface area (Å²) in [5, 5.41) is 12.6. The van der Waals surface area contributed by atoms with Crippen molar-refractivity contribution in [1.82, 2.24) is 15.0 Å². The molecule has 2 aromatic heterocycles. The Morgan fingerprint density at radius 1 is 1.23 bits per heavy atom. The summed E-state index contributed by atoms with van der Waals surface area (Å²) in [6, 6.07) is 8.50. The molecule has 1 saturated heterocycles. The van der Waals surface area contributed by atoms with Gasteiger partial charge >= 0.3 is 0 Å². The average molecular weight is 294 g/mol. The van der Waals surface area contributed by atoms with Crippen LogP contribution in [0.4, 0.5) is 11.6 Å². The topological polar surface area (TPSA) is 77.7 Å². The fourth-order valence-corrected chi connectivity index (χ4v) is 2.71. The van der Waals surface area contributed by atoms with Crippen molar-refractivity contribution >= 4 is 11.6 Å². The van der Waals surface area contributed by atoms with Crippen molar-refractivity contribution in [2.45, 2.75) is 25.8 Å². The largest absolute Gasteiger partial charge is 0.367 e. The fraction of sp³-hybridized carbons (Fsp3) is 0.375. The van der Waals surface area contributed by atoms with E-state index in [1.54, 1.807) is 12.4 Å². The van der Waals surface area contributed by atoms with Crippen molar-refractivity contribution in [3.8, 4) is 6.07 Å². The summed E-state index contributed by atoms with van der Waals surface area (Å²) in [5.74, 6) is 1.62. The standard InChI is InChI=1S/C16H18N6/c1-12-3-2-4-15(20-12)21-13-5-9-22(10-6-13)16-14(11-17)18-7-8-19-16/h2-4,7-8,13H,5-6,9-10H2,1H3,(H,20,21). The molecule has 3 rings (SSSR count). The van der Waals surface area contributed by atoms with E-state index in [2.05, 4.69) is 31.2 Å². The lowest BCUT2D eigenvalue weighted by Gasteiger charge is -2.33. The molecule has 6 heteroatoms. The van der Waals surface area contributed by atoms with Gasteiger partial charge in [-0.1, -0.05) is 6.07 Å². The number of nitrogens with one attached hydrogen (secondary N) is 1. The monoisotopic (exact) mass is 294 g/mol. The third-order valence-corrected chi connectivity index (χ3v) is 3.82. The van der Waals surface area contributed by atoms with Crippen molar-refractivity contribution < 1.29 is 0 Å².